The van der Waals surface area contributed by atoms with Crippen LogP contribution in [0.1, 0.15) is 30.5 Å². The maximum absolute atomic E-state index is 6.09. The standard InChI is InChI=1S/C19H27N5OS/c1-20-18(22-12-15-13-26-19(23-15)24(2)3)21-11-14-7-4-5-10-17(14)25-16-8-6-9-16/h4-5,7,10,13,16H,6,8-9,11-12H2,1-3H3,(H2,20,21,22). The number of aromatic nitrogens is 1. The number of benzene rings is 1. The minimum atomic E-state index is 0.379. The summed E-state index contributed by atoms with van der Waals surface area (Å²) >= 11 is 1.64. The van der Waals surface area contributed by atoms with Crippen molar-refractivity contribution in [3.8, 4) is 5.75 Å². The fraction of sp³-hybridized carbons (Fsp3) is 0.474. The molecule has 1 heterocycles. The Balaban J connectivity index is 1.52. The fourth-order valence-electron chi connectivity index (χ4n) is 2.59. The zero-order chi connectivity index (χ0) is 18.4. The van der Waals surface area contributed by atoms with Gasteiger partial charge in [-0.15, -0.1) is 11.3 Å². The third kappa shape index (κ3) is 4.88. The highest BCUT2D eigenvalue weighted by atomic mass is 32.1. The molecule has 0 saturated heterocycles. The van der Waals surface area contributed by atoms with Gasteiger partial charge in [-0.2, -0.15) is 0 Å². The summed E-state index contributed by atoms with van der Waals surface area (Å²) < 4.78 is 6.09. The van der Waals surface area contributed by atoms with Gasteiger partial charge in [0.1, 0.15) is 5.75 Å². The molecule has 0 aliphatic heterocycles. The fourth-order valence-corrected chi connectivity index (χ4v) is 3.35. The van der Waals surface area contributed by atoms with E-state index in [1.165, 1.54) is 6.42 Å². The molecule has 0 amide bonds. The maximum atomic E-state index is 6.09. The van der Waals surface area contributed by atoms with Gasteiger partial charge in [0.15, 0.2) is 11.1 Å². The summed E-state index contributed by atoms with van der Waals surface area (Å²) in [6, 6.07) is 8.20. The molecule has 0 bridgehead atoms. The van der Waals surface area contributed by atoms with E-state index < -0.39 is 0 Å². The molecule has 2 N–H and O–H groups in total. The van der Waals surface area contributed by atoms with Crippen LogP contribution < -0.4 is 20.3 Å². The van der Waals surface area contributed by atoms with E-state index in [9.17, 15) is 0 Å². The van der Waals surface area contributed by atoms with Crippen molar-refractivity contribution >= 4 is 22.4 Å². The molecule has 0 radical (unpaired) electrons. The number of hydrogen-bond acceptors (Lipinski definition) is 5. The summed E-state index contributed by atoms with van der Waals surface area (Å²) in [5.41, 5.74) is 2.15. The summed E-state index contributed by atoms with van der Waals surface area (Å²) in [5, 5.41) is 9.75. The Hall–Kier alpha value is -2.28. The number of aliphatic imine (C=N–C) groups is 1. The Kier molecular flexibility index (Phi) is 6.33. The van der Waals surface area contributed by atoms with Gasteiger partial charge in [0.2, 0.25) is 0 Å². The van der Waals surface area contributed by atoms with Gasteiger partial charge in [0.05, 0.1) is 18.3 Å². The van der Waals surface area contributed by atoms with Crippen LogP contribution in [0.2, 0.25) is 0 Å². The molecular formula is C19H27N5OS. The molecule has 0 atom stereocenters. The van der Waals surface area contributed by atoms with Crippen molar-refractivity contribution in [1.82, 2.24) is 15.6 Å². The van der Waals surface area contributed by atoms with Crippen molar-refractivity contribution in [2.75, 3.05) is 26.0 Å². The second-order valence-electron chi connectivity index (χ2n) is 6.57. The summed E-state index contributed by atoms with van der Waals surface area (Å²) in [4.78, 5) is 10.9. The van der Waals surface area contributed by atoms with Gasteiger partial charge in [-0.3, -0.25) is 4.99 Å². The number of para-hydroxylation sites is 1. The largest absolute Gasteiger partial charge is 0.490 e. The Bertz CT molecular complexity index is 739. The highest BCUT2D eigenvalue weighted by Gasteiger charge is 2.20. The van der Waals surface area contributed by atoms with E-state index in [4.69, 9.17) is 4.74 Å². The number of ether oxygens (including phenoxy) is 1. The first kappa shape index (κ1) is 18.5. The average Bonchev–Trinajstić information content (AvgIpc) is 3.08. The van der Waals surface area contributed by atoms with Crippen molar-refractivity contribution in [2.24, 2.45) is 4.99 Å². The number of rotatable bonds is 7. The van der Waals surface area contributed by atoms with Crippen LogP contribution in [0.25, 0.3) is 0 Å². The number of hydrogen-bond donors (Lipinski definition) is 2. The number of anilines is 1. The van der Waals surface area contributed by atoms with Crippen LogP contribution in [0.3, 0.4) is 0 Å². The minimum Gasteiger partial charge on any atom is -0.490 e. The first-order chi connectivity index (χ1) is 12.7. The van der Waals surface area contributed by atoms with Gasteiger partial charge in [0, 0.05) is 38.6 Å². The molecule has 1 aliphatic rings. The quantitative estimate of drug-likeness (QED) is 0.577. The smallest absolute Gasteiger partial charge is 0.191 e. The molecule has 1 fully saturated rings. The lowest BCUT2D eigenvalue weighted by atomic mass is 9.96. The SMILES string of the molecule is CN=C(NCc1csc(N(C)C)n1)NCc1ccccc1OC1CCC1. The van der Waals surface area contributed by atoms with Crippen molar-refractivity contribution in [1.29, 1.82) is 0 Å². The maximum Gasteiger partial charge on any atom is 0.191 e. The first-order valence-electron chi connectivity index (χ1n) is 8.96. The highest BCUT2D eigenvalue weighted by Crippen LogP contribution is 2.27. The lowest BCUT2D eigenvalue weighted by molar-refractivity contribution is 0.119. The van der Waals surface area contributed by atoms with E-state index in [2.05, 4.69) is 32.1 Å². The summed E-state index contributed by atoms with van der Waals surface area (Å²) in [5.74, 6) is 1.72. The Morgan fingerprint density at radius 2 is 2.04 bits per heavy atom. The molecule has 0 unspecified atom stereocenters. The molecule has 26 heavy (non-hydrogen) atoms. The Morgan fingerprint density at radius 3 is 2.69 bits per heavy atom. The zero-order valence-corrected chi connectivity index (χ0v) is 16.5. The minimum absolute atomic E-state index is 0.379. The normalized spacial score (nSPS) is 14.7. The highest BCUT2D eigenvalue weighted by molar-refractivity contribution is 7.13. The molecule has 140 valence electrons. The number of nitrogens with zero attached hydrogens (tertiary/aromatic N) is 3. The van der Waals surface area contributed by atoms with E-state index in [0.717, 1.165) is 40.9 Å². The molecule has 3 rings (SSSR count). The molecule has 0 spiro atoms. The van der Waals surface area contributed by atoms with Crippen molar-refractivity contribution < 1.29 is 4.74 Å². The topological polar surface area (TPSA) is 61.8 Å². The van der Waals surface area contributed by atoms with Crippen molar-refractivity contribution in [2.45, 2.75) is 38.5 Å². The first-order valence-corrected chi connectivity index (χ1v) is 9.84. The van der Waals surface area contributed by atoms with Gasteiger partial charge < -0.3 is 20.3 Å². The molecule has 6 nitrogen and oxygen atoms in total. The molecule has 1 aliphatic carbocycles. The van der Waals surface area contributed by atoms with Crippen LogP contribution >= 0.6 is 11.3 Å². The molecule has 1 aromatic carbocycles. The number of thiazole rings is 1. The van der Waals surface area contributed by atoms with E-state index in [1.54, 1.807) is 18.4 Å². The van der Waals surface area contributed by atoms with Crippen LogP contribution in [0, 0.1) is 0 Å². The van der Waals surface area contributed by atoms with Crippen LogP contribution in [0.4, 0.5) is 5.13 Å². The van der Waals surface area contributed by atoms with Gasteiger partial charge >= 0.3 is 0 Å². The van der Waals surface area contributed by atoms with Gasteiger partial charge in [-0.05, 0) is 25.3 Å². The zero-order valence-electron chi connectivity index (χ0n) is 15.7. The predicted octanol–water partition coefficient (Wildman–Crippen LogP) is 3.01. The molecule has 1 saturated carbocycles. The van der Waals surface area contributed by atoms with E-state index in [0.29, 0.717) is 19.2 Å². The van der Waals surface area contributed by atoms with Gasteiger partial charge in [0.25, 0.3) is 0 Å². The summed E-state index contributed by atoms with van der Waals surface area (Å²) in [6.07, 6.45) is 3.97. The van der Waals surface area contributed by atoms with Crippen LogP contribution in [0.5, 0.6) is 5.75 Å². The second kappa shape index (κ2) is 8.89. The molecular weight excluding hydrogens is 346 g/mol. The second-order valence-corrected chi connectivity index (χ2v) is 7.41. The van der Waals surface area contributed by atoms with Crippen LogP contribution in [0.15, 0.2) is 34.6 Å². The van der Waals surface area contributed by atoms with Gasteiger partial charge in [-0.25, -0.2) is 4.98 Å². The lowest BCUT2D eigenvalue weighted by Gasteiger charge is -2.27. The summed E-state index contributed by atoms with van der Waals surface area (Å²) in [6.45, 7) is 1.31. The number of guanidine groups is 1. The van der Waals surface area contributed by atoms with E-state index in [1.807, 2.05) is 37.2 Å². The predicted molar refractivity (Wildman–Crippen MR) is 108 cm³/mol. The molecule has 1 aromatic heterocycles. The third-order valence-electron chi connectivity index (χ3n) is 4.35. The van der Waals surface area contributed by atoms with Crippen molar-refractivity contribution in [3.63, 3.8) is 0 Å². The summed E-state index contributed by atoms with van der Waals surface area (Å²) in [7, 11) is 5.78. The lowest BCUT2D eigenvalue weighted by Crippen LogP contribution is -2.36. The Labute approximate surface area is 159 Å². The monoisotopic (exact) mass is 373 g/mol. The van der Waals surface area contributed by atoms with E-state index in [-0.39, 0.29) is 0 Å². The third-order valence-corrected chi connectivity index (χ3v) is 5.40. The van der Waals surface area contributed by atoms with Crippen molar-refractivity contribution in [3.05, 3.63) is 40.9 Å². The molecule has 7 heteroatoms. The molecule has 2 aromatic rings. The average molecular weight is 374 g/mol. The van der Waals surface area contributed by atoms with Crippen LogP contribution in [-0.4, -0.2) is 38.2 Å². The van der Waals surface area contributed by atoms with Gasteiger partial charge in [-0.1, -0.05) is 18.2 Å². The Morgan fingerprint density at radius 1 is 1.27 bits per heavy atom. The van der Waals surface area contributed by atoms with E-state index >= 15 is 0 Å². The number of nitrogens with one attached hydrogen (secondary N) is 2. The van der Waals surface area contributed by atoms with Crippen LogP contribution in [-0.2, 0) is 13.1 Å².